The second-order valence-corrected chi connectivity index (χ2v) is 5.82. The summed E-state index contributed by atoms with van der Waals surface area (Å²) in [6.45, 7) is 6.37. The summed E-state index contributed by atoms with van der Waals surface area (Å²) in [5.41, 5.74) is 4.17. The third-order valence-electron chi connectivity index (χ3n) is 4.07. The number of nitrogens with zero attached hydrogens (tertiary/aromatic N) is 2. The van der Waals surface area contributed by atoms with E-state index in [2.05, 4.69) is 29.3 Å². The first-order valence-electron chi connectivity index (χ1n) is 7.87. The molecule has 126 valence electrons. The molecule has 1 aliphatic heterocycles. The highest BCUT2D eigenvalue weighted by atomic mass is 16.5. The molecule has 1 amide bonds. The number of hydrogen-bond donors (Lipinski definition) is 1. The van der Waals surface area contributed by atoms with Crippen molar-refractivity contribution in [3.8, 4) is 11.5 Å². The van der Waals surface area contributed by atoms with E-state index in [1.807, 2.05) is 0 Å². The smallest absolute Gasteiger partial charge is 0.271 e. The highest BCUT2D eigenvalue weighted by Crippen LogP contribution is 2.27. The second-order valence-electron chi connectivity index (χ2n) is 5.82. The van der Waals surface area contributed by atoms with Gasteiger partial charge in [-0.25, -0.2) is 5.43 Å². The molecule has 1 aromatic rings. The number of nitrogens with one attached hydrogen (secondary N) is 1. The monoisotopic (exact) mass is 319 g/mol. The molecule has 0 radical (unpaired) electrons. The summed E-state index contributed by atoms with van der Waals surface area (Å²) in [6.07, 6.45) is 1.79. The van der Waals surface area contributed by atoms with Gasteiger partial charge in [-0.05, 0) is 32.0 Å². The summed E-state index contributed by atoms with van der Waals surface area (Å²) in [7, 11) is 3.11. The maximum Gasteiger partial charge on any atom is 0.271 e. The molecule has 2 rings (SSSR count). The van der Waals surface area contributed by atoms with Crippen molar-refractivity contribution in [1.29, 1.82) is 0 Å². The number of likely N-dealkylation sites (tertiary alicyclic amines) is 1. The molecule has 0 spiro atoms. The van der Waals surface area contributed by atoms with Crippen LogP contribution < -0.4 is 14.9 Å². The Morgan fingerprint density at radius 2 is 1.83 bits per heavy atom. The molecule has 0 atom stereocenters. The van der Waals surface area contributed by atoms with Gasteiger partial charge in [-0.15, -0.1) is 0 Å². The predicted molar refractivity (Wildman–Crippen MR) is 90.4 cm³/mol. The van der Waals surface area contributed by atoms with Crippen LogP contribution in [-0.4, -0.2) is 49.9 Å². The van der Waals surface area contributed by atoms with Gasteiger partial charge in [-0.2, -0.15) is 5.10 Å². The van der Waals surface area contributed by atoms with Gasteiger partial charge in [-0.1, -0.05) is 0 Å². The quantitative estimate of drug-likeness (QED) is 0.846. The Balaban J connectivity index is 1.96. The van der Waals surface area contributed by atoms with Crippen molar-refractivity contribution in [2.45, 2.75) is 32.7 Å². The number of piperidine rings is 1. The maximum atomic E-state index is 12.2. The molecular weight excluding hydrogens is 294 g/mol. The average Bonchev–Trinajstić information content (AvgIpc) is 2.59. The lowest BCUT2D eigenvalue weighted by molar-refractivity contribution is 0.0954. The first-order chi connectivity index (χ1) is 11.0. The molecule has 1 N–H and O–H groups in total. The standard InChI is InChI=1S/C17H25N3O3/c1-12(2)20-9-7-14(8-10-20)18-19-17(21)13-5-6-15(22-3)16(11-13)23-4/h5-6,11-12H,7-10H2,1-4H3,(H,19,21). The topological polar surface area (TPSA) is 63.2 Å². The zero-order valence-electron chi connectivity index (χ0n) is 14.3. The molecule has 1 heterocycles. The fourth-order valence-electron chi connectivity index (χ4n) is 2.58. The van der Waals surface area contributed by atoms with E-state index in [4.69, 9.17) is 9.47 Å². The molecule has 23 heavy (non-hydrogen) atoms. The molecule has 1 fully saturated rings. The van der Waals surface area contributed by atoms with Crippen LogP contribution in [0.5, 0.6) is 11.5 Å². The van der Waals surface area contributed by atoms with Crippen molar-refractivity contribution in [2.24, 2.45) is 5.10 Å². The van der Waals surface area contributed by atoms with Crippen LogP contribution in [0.1, 0.15) is 37.0 Å². The van der Waals surface area contributed by atoms with Gasteiger partial charge in [0.25, 0.3) is 5.91 Å². The largest absolute Gasteiger partial charge is 0.493 e. The van der Waals surface area contributed by atoms with Gasteiger partial charge >= 0.3 is 0 Å². The highest BCUT2D eigenvalue weighted by molar-refractivity contribution is 5.96. The average molecular weight is 319 g/mol. The minimum atomic E-state index is -0.246. The molecule has 0 aliphatic carbocycles. The fourth-order valence-corrected chi connectivity index (χ4v) is 2.58. The number of amides is 1. The van der Waals surface area contributed by atoms with Crippen LogP contribution in [0.4, 0.5) is 0 Å². The summed E-state index contributed by atoms with van der Waals surface area (Å²) in [4.78, 5) is 14.6. The van der Waals surface area contributed by atoms with E-state index in [-0.39, 0.29) is 5.91 Å². The van der Waals surface area contributed by atoms with E-state index in [1.165, 1.54) is 0 Å². The third-order valence-corrected chi connectivity index (χ3v) is 4.07. The molecule has 1 aromatic carbocycles. The molecule has 6 heteroatoms. The summed E-state index contributed by atoms with van der Waals surface area (Å²) in [5.74, 6) is 0.874. The molecular formula is C17H25N3O3. The Hall–Kier alpha value is -2.08. The summed E-state index contributed by atoms with van der Waals surface area (Å²) in [5, 5.41) is 4.27. The van der Waals surface area contributed by atoms with Crippen LogP contribution in [0.25, 0.3) is 0 Å². The van der Waals surface area contributed by atoms with Crippen molar-refractivity contribution in [3.05, 3.63) is 23.8 Å². The Bertz CT molecular complexity index is 574. The van der Waals surface area contributed by atoms with Crippen LogP contribution >= 0.6 is 0 Å². The van der Waals surface area contributed by atoms with Gasteiger partial charge in [0.1, 0.15) is 0 Å². The van der Waals surface area contributed by atoms with Crippen LogP contribution in [-0.2, 0) is 0 Å². The summed E-state index contributed by atoms with van der Waals surface area (Å²) >= 11 is 0. The first-order valence-corrected chi connectivity index (χ1v) is 7.87. The fraction of sp³-hybridized carbons (Fsp3) is 0.529. The second kappa shape index (κ2) is 7.97. The zero-order valence-corrected chi connectivity index (χ0v) is 14.3. The van der Waals surface area contributed by atoms with Gasteiger partial charge < -0.3 is 14.4 Å². The van der Waals surface area contributed by atoms with Crippen LogP contribution in [0.3, 0.4) is 0 Å². The van der Waals surface area contributed by atoms with Gasteiger partial charge in [-0.3, -0.25) is 4.79 Å². The molecule has 1 saturated heterocycles. The normalized spacial score (nSPS) is 15.4. The van der Waals surface area contributed by atoms with Crippen molar-refractivity contribution >= 4 is 11.6 Å². The van der Waals surface area contributed by atoms with E-state index in [1.54, 1.807) is 32.4 Å². The zero-order chi connectivity index (χ0) is 16.8. The lowest BCUT2D eigenvalue weighted by Gasteiger charge is -2.30. The maximum absolute atomic E-state index is 12.2. The lowest BCUT2D eigenvalue weighted by atomic mass is 10.1. The molecule has 0 saturated carbocycles. The Labute approximate surface area is 137 Å². The molecule has 0 bridgehead atoms. The predicted octanol–water partition coefficient (Wildman–Crippen LogP) is 2.29. The van der Waals surface area contributed by atoms with Crippen LogP contribution in [0.2, 0.25) is 0 Å². The third kappa shape index (κ3) is 4.45. The van der Waals surface area contributed by atoms with Gasteiger partial charge in [0.15, 0.2) is 11.5 Å². The number of benzene rings is 1. The van der Waals surface area contributed by atoms with Crippen LogP contribution in [0, 0.1) is 0 Å². The molecule has 0 unspecified atom stereocenters. The Kier molecular flexibility index (Phi) is 5.98. The van der Waals surface area contributed by atoms with Gasteiger partial charge in [0.2, 0.25) is 0 Å². The van der Waals surface area contributed by atoms with E-state index in [0.717, 1.165) is 31.6 Å². The number of rotatable bonds is 5. The minimum absolute atomic E-state index is 0.246. The van der Waals surface area contributed by atoms with E-state index < -0.39 is 0 Å². The van der Waals surface area contributed by atoms with E-state index >= 15 is 0 Å². The number of methoxy groups -OCH3 is 2. The Morgan fingerprint density at radius 3 is 2.39 bits per heavy atom. The number of carbonyl (C=O) groups is 1. The van der Waals surface area contributed by atoms with Gasteiger partial charge in [0.05, 0.1) is 14.2 Å². The summed E-state index contributed by atoms with van der Waals surface area (Å²) < 4.78 is 10.4. The molecule has 1 aliphatic rings. The summed E-state index contributed by atoms with van der Waals surface area (Å²) in [6, 6.07) is 5.61. The number of hydrazone groups is 1. The van der Waals surface area contributed by atoms with Crippen molar-refractivity contribution in [2.75, 3.05) is 27.3 Å². The minimum Gasteiger partial charge on any atom is -0.493 e. The van der Waals surface area contributed by atoms with E-state index in [9.17, 15) is 4.79 Å². The van der Waals surface area contributed by atoms with Crippen molar-refractivity contribution in [3.63, 3.8) is 0 Å². The van der Waals surface area contributed by atoms with Gasteiger partial charge in [0, 0.05) is 43.2 Å². The molecule has 0 aromatic heterocycles. The highest BCUT2D eigenvalue weighted by Gasteiger charge is 2.17. The number of hydrogen-bond acceptors (Lipinski definition) is 5. The SMILES string of the molecule is COc1ccc(C(=O)NN=C2CCN(C(C)C)CC2)cc1OC. The van der Waals surface area contributed by atoms with Crippen LogP contribution in [0.15, 0.2) is 23.3 Å². The number of ether oxygens (including phenoxy) is 2. The molecule has 6 nitrogen and oxygen atoms in total. The lowest BCUT2D eigenvalue weighted by Crippen LogP contribution is -2.39. The number of carbonyl (C=O) groups excluding carboxylic acids is 1. The van der Waals surface area contributed by atoms with Crippen molar-refractivity contribution in [1.82, 2.24) is 10.3 Å². The Morgan fingerprint density at radius 1 is 1.17 bits per heavy atom. The van der Waals surface area contributed by atoms with Crippen molar-refractivity contribution < 1.29 is 14.3 Å². The van der Waals surface area contributed by atoms with E-state index in [0.29, 0.717) is 23.1 Å². The first kappa shape index (κ1) is 17.3.